The van der Waals surface area contributed by atoms with Gasteiger partial charge in [0.2, 0.25) is 0 Å². The zero-order valence-corrected chi connectivity index (χ0v) is 13.1. The third kappa shape index (κ3) is 2.62. The molecule has 1 aromatic heterocycles. The first kappa shape index (κ1) is 14.4. The highest BCUT2D eigenvalue weighted by Crippen LogP contribution is 2.27. The average Bonchev–Trinajstić information content (AvgIpc) is 2.51. The van der Waals surface area contributed by atoms with E-state index >= 15 is 0 Å². The van der Waals surface area contributed by atoms with Crippen LogP contribution in [0.4, 0.5) is 5.69 Å². The average molecular weight is 292 g/mol. The van der Waals surface area contributed by atoms with E-state index in [4.69, 9.17) is 0 Å². The van der Waals surface area contributed by atoms with Crippen molar-refractivity contribution in [3.8, 4) is 5.75 Å². The van der Waals surface area contributed by atoms with Gasteiger partial charge in [-0.1, -0.05) is 36.4 Å². The Kier molecular flexibility index (Phi) is 3.72. The molecular weight excluding hydrogens is 272 g/mol. The highest BCUT2D eigenvalue weighted by molar-refractivity contribution is 5.84. The summed E-state index contributed by atoms with van der Waals surface area (Å²) in [6, 6.07) is 15.8. The van der Waals surface area contributed by atoms with Gasteiger partial charge in [0.25, 0.3) is 0 Å². The molecule has 1 unspecified atom stereocenters. The van der Waals surface area contributed by atoms with Gasteiger partial charge in [0.05, 0.1) is 11.7 Å². The van der Waals surface area contributed by atoms with E-state index in [0.717, 1.165) is 16.8 Å². The fourth-order valence-corrected chi connectivity index (χ4v) is 2.72. The molecule has 0 aliphatic carbocycles. The second-order valence-electron chi connectivity index (χ2n) is 5.72. The van der Waals surface area contributed by atoms with Gasteiger partial charge in [-0.15, -0.1) is 0 Å². The van der Waals surface area contributed by atoms with Crippen molar-refractivity contribution >= 4 is 16.6 Å². The molecular formula is C19H20N2O. The number of hydrogen-bond acceptors (Lipinski definition) is 3. The summed E-state index contributed by atoms with van der Waals surface area (Å²) in [5, 5.41) is 14.5. The molecule has 0 saturated heterocycles. The fraction of sp³-hybridized carbons (Fsp3) is 0.211. The van der Waals surface area contributed by atoms with E-state index < -0.39 is 0 Å². The summed E-state index contributed by atoms with van der Waals surface area (Å²) in [5.41, 5.74) is 5.15. The quantitative estimate of drug-likeness (QED) is 0.733. The topological polar surface area (TPSA) is 45.1 Å². The Labute approximate surface area is 130 Å². The van der Waals surface area contributed by atoms with Crippen molar-refractivity contribution in [3.63, 3.8) is 0 Å². The van der Waals surface area contributed by atoms with E-state index in [0.29, 0.717) is 5.52 Å². The summed E-state index contributed by atoms with van der Waals surface area (Å²) in [7, 11) is 0. The number of nitrogens with zero attached hydrogens (tertiary/aromatic N) is 1. The first-order valence-corrected chi connectivity index (χ1v) is 7.47. The summed E-state index contributed by atoms with van der Waals surface area (Å²) in [6.07, 6.45) is 0. The molecule has 0 radical (unpaired) electrons. The standard InChI is InChI=1S/C19H20N2O/c1-12-6-4-7-13(2)18(12)20-14(3)16-11-10-15-8-5-9-17(22)19(15)21-16/h4-11,14,20,22H,1-3H3. The number of nitrogens with one attached hydrogen (secondary N) is 1. The Bertz CT molecular complexity index is 807. The Hall–Kier alpha value is -2.55. The number of phenols is 1. The predicted molar refractivity (Wildman–Crippen MR) is 91.4 cm³/mol. The van der Waals surface area contributed by atoms with E-state index in [9.17, 15) is 5.11 Å². The van der Waals surface area contributed by atoms with Crippen molar-refractivity contribution in [2.24, 2.45) is 0 Å². The summed E-state index contributed by atoms with van der Waals surface area (Å²) in [5.74, 6) is 0.221. The first-order valence-electron chi connectivity index (χ1n) is 7.47. The normalized spacial score (nSPS) is 12.3. The van der Waals surface area contributed by atoms with Crippen LogP contribution in [-0.2, 0) is 0 Å². The number of hydrogen-bond donors (Lipinski definition) is 2. The van der Waals surface area contributed by atoms with Gasteiger partial charge in [0.15, 0.2) is 0 Å². The molecule has 112 valence electrons. The molecule has 0 fully saturated rings. The second kappa shape index (κ2) is 5.68. The van der Waals surface area contributed by atoms with Gasteiger partial charge in [-0.3, -0.25) is 0 Å². The van der Waals surface area contributed by atoms with Gasteiger partial charge in [0.1, 0.15) is 11.3 Å². The molecule has 2 N–H and O–H groups in total. The number of aryl methyl sites for hydroxylation is 2. The monoisotopic (exact) mass is 292 g/mol. The SMILES string of the molecule is Cc1cccc(C)c1NC(C)c1ccc2cccc(O)c2n1. The van der Waals surface area contributed by atoms with Crippen LogP contribution in [0.25, 0.3) is 10.9 Å². The zero-order chi connectivity index (χ0) is 15.7. The van der Waals surface area contributed by atoms with Crippen molar-refractivity contribution in [3.05, 3.63) is 65.4 Å². The Morgan fingerprint density at radius 3 is 2.36 bits per heavy atom. The van der Waals surface area contributed by atoms with Crippen LogP contribution in [0.5, 0.6) is 5.75 Å². The van der Waals surface area contributed by atoms with Crippen LogP contribution in [0.15, 0.2) is 48.5 Å². The van der Waals surface area contributed by atoms with Crippen molar-refractivity contribution < 1.29 is 5.11 Å². The van der Waals surface area contributed by atoms with Crippen LogP contribution < -0.4 is 5.32 Å². The molecule has 0 spiro atoms. The van der Waals surface area contributed by atoms with Crippen LogP contribution in [0, 0.1) is 13.8 Å². The number of para-hydroxylation sites is 2. The number of fused-ring (bicyclic) bond motifs is 1. The lowest BCUT2D eigenvalue weighted by atomic mass is 10.1. The van der Waals surface area contributed by atoms with E-state index in [1.165, 1.54) is 11.1 Å². The molecule has 0 saturated carbocycles. The number of benzene rings is 2. The van der Waals surface area contributed by atoms with Crippen LogP contribution >= 0.6 is 0 Å². The number of anilines is 1. The van der Waals surface area contributed by atoms with Gasteiger partial charge in [0, 0.05) is 11.1 Å². The smallest absolute Gasteiger partial charge is 0.141 e. The highest BCUT2D eigenvalue weighted by Gasteiger charge is 2.11. The number of phenolic OH excluding ortho intramolecular Hbond substituents is 1. The molecule has 2 aromatic carbocycles. The number of aromatic nitrogens is 1. The second-order valence-corrected chi connectivity index (χ2v) is 5.72. The zero-order valence-electron chi connectivity index (χ0n) is 13.1. The van der Waals surface area contributed by atoms with Crippen molar-refractivity contribution in [2.75, 3.05) is 5.32 Å². The minimum Gasteiger partial charge on any atom is -0.506 e. The number of aromatic hydroxyl groups is 1. The van der Waals surface area contributed by atoms with Crippen LogP contribution in [-0.4, -0.2) is 10.1 Å². The van der Waals surface area contributed by atoms with Gasteiger partial charge in [-0.05, 0) is 44.0 Å². The lowest BCUT2D eigenvalue weighted by molar-refractivity contribution is 0.480. The van der Waals surface area contributed by atoms with Crippen molar-refractivity contribution in [2.45, 2.75) is 26.8 Å². The molecule has 3 nitrogen and oxygen atoms in total. The predicted octanol–water partition coefficient (Wildman–Crippen LogP) is 4.73. The molecule has 3 rings (SSSR count). The van der Waals surface area contributed by atoms with Gasteiger partial charge in [-0.25, -0.2) is 4.98 Å². The van der Waals surface area contributed by atoms with E-state index in [2.05, 4.69) is 49.3 Å². The summed E-state index contributed by atoms with van der Waals surface area (Å²) in [4.78, 5) is 4.62. The molecule has 0 bridgehead atoms. The summed E-state index contributed by atoms with van der Waals surface area (Å²) >= 11 is 0. The lowest BCUT2D eigenvalue weighted by Crippen LogP contribution is -2.10. The van der Waals surface area contributed by atoms with Crippen molar-refractivity contribution in [1.29, 1.82) is 0 Å². The number of rotatable bonds is 3. The van der Waals surface area contributed by atoms with Gasteiger partial charge < -0.3 is 10.4 Å². The van der Waals surface area contributed by atoms with E-state index in [-0.39, 0.29) is 11.8 Å². The summed E-state index contributed by atoms with van der Waals surface area (Å²) < 4.78 is 0. The minimum absolute atomic E-state index is 0.0591. The van der Waals surface area contributed by atoms with Gasteiger partial charge >= 0.3 is 0 Å². The molecule has 3 heteroatoms. The maximum Gasteiger partial charge on any atom is 0.141 e. The highest BCUT2D eigenvalue weighted by atomic mass is 16.3. The number of pyridine rings is 1. The molecule has 22 heavy (non-hydrogen) atoms. The van der Waals surface area contributed by atoms with E-state index in [1.54, 1.807) is 6.07 Å². The first-order chi connectivity index (χ1) is 10.6. The van der Waals surface area contributed by atoms with Gasteiger partial charge in [-0.2, -0.15) is 0 Å². The summed E-state index contributed by atoms with van der Waals surface area (Å²) in [6.45, 7) is 6.28. The van der Waals surface area contributed by atoms with Crippen LogP contribution in [0.2, 0.25) is 0 Å². The Morgan fingerprint density at radius 2 is 1.64 bits per heavy atom. The van der Waals surface area contributed by atoms with Crippen molar-refractivity contribution in [1.82, 2.24) is 4.98 Å². The van der Waals surface area contributed by atoms with Crippen LogP contribution in [0.3, 0.4) is 0 Å². The van der Waals surface area contributed by atoms with E-state index in [1.807, 2.05) is 24.3 Å². The lowest BCUT2D eigenvalue weighted by Gasteiger charge is -2.19. The molecule has 0 amide bonds. The maximum atomic E-state index is 9.97. The maximum absolute atomic E-state index is 9.97. The Morgan fingerprint density at radius 1 is 0.955 bits per heavy atom. The third-order valence-corrected chi connectivity index (χ3v) is 4.01. The largest absolute Gasteiger partial charge is 0.506 e. The van der Waals surface area contributed by atoms with Crippen LogP contribution in [0.1, 0.15) is 29.8 Å². The molecule has 3 aromatic rings. The molecule has 0 aliphatic rings. The molecule has 0 aliphatic heterocycles. The fourth-order valence-electron chi connectivity index (χ4n) is 2.72. The minimum atomic E-state index is 0.0591. The third-order valence-electron chi connectivity index (χ3n) is 4.01. The Balaban J connectivity index is 1.95. The molecule has 1 atom stereocenters. The molecule has 1 heterocycles.